The SMILES string of the molecule is Clc1cnn2cc(N3C[C@H]4COC[C@H]4C3)ccc12. The van der Waals surface area contributed by atoms with Crippen LogP contribution in [0.15, 0.2) is 24.5 Å². The number of fused-ring (bicyclic) bond motifs is 2. The van der Waals surface area contributed by atoms with Crippen LogP contribution in [-0.2, 0) is 4.74 Å². The number of anilines is 1. The molecule has 0 aromatic carbocycles. The van der Waals surface area contributed by atoms with Gasteiger partial charge in [0.15, 0.2) is 0 Å². The van der Waals surface area contributed by atoms with Crippen LogP contribution in [0.2, 0.25) is 5.02 Å². The van der Waals surface area contributed by atoms with Crippen LogP contribution in [0.5, 0.6) is 0 Å². The summed E-state index contributed by atoms with van der Waals surface area (Å²) in [5.74, 6) is 1.39. The molecule has 0 unspecified atom stereocenters. The van der Waals surface area contributed by atoms with Gasteiger partial charge < -0.3 is 9.64 Å². The molecule has 5 heteroatoms. The topological polar surface area (TPSA) is 29.8 Å². The molecule has 0 radical (unpaired) electrons. The number of hydrogen-bond acceptors (Lipinski definition) is 3. The van der Waals surface area contributed by atoms with Gasteiger partial charge in [-0.25, -0.2) is 4.52 Å². The average Bonchev–Trinajstić information content (AvgIpc) is 3.03. The monoisotopic (exact) mass is 263 g/mol. The molecule has 0 amide bonds. The Kier molecular flexibility index (Phi) is 2.29. The van der Waals surface area contributed by atoms with Gasteiger partial charge in [0.25, 0.3) is 0 Å². The van der Waals surface area contributed by atoms with E-state index in [9.17, 15) is 0 Å². The molecule has 2 fully saturated rings. The maximum atomic E-state index is 6.05. The van der Waals surface area contributed by atoms with Crippen molar-refractivity contribution in [1.82, 2.24) is 9.61 Å². The molecule has 0 spiro atoms. The van der Waals surface area contributed by atoms with Crippen LogP contribution in [0.1, 0.15) is 0 Å². The molecule has 18 heavy (non-hydrogen) atoms. The molecule has 0 N–H and O–H groups in total. The Bertz CT molecular complexity index is 585. The van der Waals surface area contributed by atoms with Crippen LogP contribution < -0.4 is 4.90 Å². The standard InChI is InChI=1S/C13H14ClN3O/c14-12-3-15-17-6-11(1-2-13(12)17)16-4-9-7-18-8-10(9)5-16/h1-3,6,9-10H,4-5,7-8H2/t9-,10+. The number of hydrogen-bond donors (Lipinski definition) is 0. The van der Waals surface area contributed by atoms with E-state index in [2.05, 4.69) is 22.3 Å². The molecule has 2 atom stereocenters. The molecule has 0 aliphatic carbocycles. The summed E-state index contributed by atoms with van der Waals surface area (Å²) in [5.41, 5.74) is 2.18. The number of aromatic nitrogens is 2. The van der Waals surface area contributed by atoms with E-state index in [1.807, 2.05) is 10.6 Å². The van der Waals surface area contributed by atoms with Crippen molar-refractivity contribution in [1.29, 1.82) is 0 Å². The van der Waals surface area contributed by atoms with Crippen LogP contribution in [0.25, 0.3) is 5.52 Å². The normalized spacial score (nSPS) is 27.1. The molecule has 2 aliphatic rings. The molecule has 2 aliphatic heterocycles. The molecule has 2 aromatic rings. The van der Waals surface area contributed by atoms with Gasteiger partial charge in [-0.15, -0.1) is 0 Å². The van der Waals surface area contributed by atoms with Gasteiger partial charge in [-0.1, -0.05) is 11.6 Å². The third-order valence-electron chi connectivity index (χ3n) is 4.06. The lowest BCUT2D eigenvalue weighted by Gasteiger charge is -2.19. The molecule has 4 nitrogen and oxygen atoms in total. The molecular formula is C13H14ClN3O. The predicted molar refractivity (Wildman–Crippen MR) is 70.2 cm³/mol. The van der Waals surface area contributed by atoms with Crippen LogP contribution >= 0.6 is 11.6 Å². The molecule has 94 valence electrons. The second-order valence-electron chi connectivity index (χ2n) is 5.17. The zero-order valence-corrected chi connectivity index (χ0v) is 10.7. The Morgan fingerprint density at radius 1 is 1.22 bits per heavy atom. The van der Waals surface area contributed by atoms with Crippen molar-refractivity contribution < 1.29 is 4.74 Å². The van der Waals surface area contributed by atoms with Gasteiger partial charge in [-0.3, -0.25) is 0 Å². The zero-order valence-electron chi connectivity index (χ0n) is 9.92. The number of ether oxygens (including phenoxy) is 1. The van der Waals surface area contributed by atoms with Crippen LogP contribution in [0.4, 0.5) is 5.69 Å². The van der Waals surface area contributed by atoms with Crippen molar-refractivity contribution >= 4 is 22.8 Å². The first-order chi connectivity index (χ1) is 8.81. The van der Waals surface area contributed by atoms with E-state index in [-0.39, 0.29) is 0 Å². The van der Waals surface area contributed by atoms with Crippen molar-refractivity contribution in [2.45, 2.75) is 0 Å². The highest BCUT2D eigenvalue weighted by Crippen LogP contribution is 2.32. The number of halogens is 1. The lowest BCUT2D eigenvalue weighted by Crippen LogP contribution is -2.22. The largest absolute Gasteiger partial charge is 0.381 e. The van der Waals surface area contributed by atoms with E-state index >= 15 is 0 Å². The van der Waals surface area contributed by atoms with Crippen molar-refractivity contribution in [2.24, 2.45) is 11.8 Å². The Hall–Kier alpha value is -1.26. The van der Waals surface area contributed by atoms with Crippen LogP contribution in [-0.4, -0.2) is 35.9 Å². The molecule has 4 heterocycles. The summed E-state index contributed by atoms with van der Waals surface area (Å²) in [6.45, 7) is 4.00. The van der Waals surface area contributed by atoms with E-state index in [0.717, 1.165) is 31.8 Å². The number of nitrogens with zero attached hydrogens (tertiary/aromatic N) is 3. The quantitative estimate of drug-likeness (QED) is 0.789. The smallest absolute Gasteiger partial charge is 0.0864 e. The molecule has 2 aromatic heterocycles. The summed E-state index contributed by atoms with van der Waals surface area (Å²) < 4.78 is 7.36. The predicted octanol–water partition coefficient (Wildman–Crippen LogP) is 2.07. The molecular weight excluding hydrogens is 250 g/mol. The number of pyridine rings is 1. The third-order valence-corrected chi connectivity index (χ3v) is 4.35. The second kappa shape index (κ2) is 3.87. The first kappa shape index (κ1) is 10.6. The van der Waals surface area contributed by atoms with E-state index in [1.54, 1.807) is 6.20 Å². The minimum absolute atomic E-state index is 0.696. The minimum Gasteiger partial charge on any atom is -0.381 e. The highest BCUT2D eigenvalue weighted by Gasteiger charge is 2.37. The Morgan fingerprint density at radius 2 is 2.00 bits per heavy atom. The molecule has 4 rings (SSSR count). The van der Waals surface area contributed by atoms with E-state index in [4.69, 9.17) is 16.3 Å². The van der Waals surface area contributed by atoms with Crippen molar-refractivity contribution in [3.63, 3.8) is 0 Å². The lowest BCUT2D eigenvalue weighted by molar-refractivity contribution is 0.177. The van der Waals surface area contributed by atoms with Crippen molar-refractivity contribution in [2.75, 3.05) is 31.2 Å². The summed E-state index contributed by atoms with van der Waals surface area (Å²) in [5, 5.41) is 4.96. The Labute approximate surface area is 110 Å². The summed E-state index contributed by atoms with van der Waals surface area (Å²) in [6, 6.07) is 4.17. The van der Waals surface area contributed by atoms with Gasteiger partial charge in [0.1, 0.15) is 0 Å². The number of rotatable bonds is 1. The third kappa shape index (κ3) is 1.52. The Balaban J connectivity index is 1.67. The van der Waals surface area contributed by atoms with Crippen LogP contribution in [0, 0.1) is 11.8 Å². The average molecular weight is 264 g/mol. The fourth-order valence-corrected chi connectivity index (χ4v) is 3.22. The summed E-state index contributed by atoms with van der Waals surface area (Å²) >= 11 is 6.05. The Morgan fingerprint density at radius 3 is 2.78 bits per heavy atom. The van der Waals surface area contributed by atoms with Crippen molar-refractivity contribution in [3.8, 4) is 0 Å². The summed E-state index contributed by atoms with van der Waals surface area (Å²) in [4.78, 5) is 2.42. The zero-order chi connectivity index (χ0) is 12.1. The summed E-state index contributed by atoms with van der Waals surface area (Å²) in [6.07, 6.45) is 3.75. The fourth-order valence-electron chi connectivity index (χ4n) is 3.03. The van der Waals surface area contributed by atoms with E-state index < -0.39 is 0 Å². The molecule has 2 saturated heterocycles. The van der Waals surface area contributed by atoms with Gasteiger partial charge in [0.2, 0.25) is 0 Å². The maximum Gasteiger partial charge on any atom is 0.0864 e. The van der Waals surface area contributed by atoms with Crippen LogP contribution in [0.3, 0.4) is 0 Å². The van der Waals surface area contributed by atoms with E-state index in [1.165, 1.54) is 5.69 Å². The van der Waals surface area contributed by atoms with Gasteiger partial charge in [0.05, 0.1) is 41.8 Å². The van der Waals surface area contributed by atoms with Crippen molar-refractivity contribution in [3.05, 3.63) is 29.5 Å². The molecule has 0 saturated carbocycles. The maximum absolute atomic E-state index is 6.05. The van der Waals surface area contributed by atoms with Gasteiger partial charge in [-0.05, 0) is 12.1 Å². The fraction of sp³-hybridized carbons (Fsp3) is 0.462. The highest BCUT2D eigenvalue weighted by molar-refractivity contribution is 6.33. The van der Waals surface area contributed by atoms with Gasteiger partial charge >= 0.3 is 0 Å². The summed E-state index contributed by atoms with van der Waals surface area (Å²) in [7, 11) is 0. The molecule has 0 bridgehead atoms. The highest BCUT2D eigenvalue weighted by atomic mass is 35.5. The van der Waals surface area contributed by atoms with Gasteiger partial charge in [0, 0.05) is 24.9 Å². The lowest BCUT2D eigenvalue weighted by atomic mass is 10.0. The van der Waals surface area contributed by atoms with E-state index in [0.29, 0.717) is 16.9 Å². The minimum atomic E-state index is 0.696. The van der Waals surface area contributed by atoms with Gasteiger partial charge in [-0.2, -0.15) is 5.10 Å². The first-order valence-corrected chi connectivity index (χ1v) is 6.64. The second-order valence-corrected chi connectivity index (χ2v) is 5.58. The first-order valence-electron chi connectivity index (χ1n) is 6.27.